The van der Waals surface area contributed by atoms with Crippen molar-refractivity contribution in [1.82, 2.24) is 15.4 Å². The second-order valence-electron chi connectivity index (χ2n) is 8.59. The van der Waals surface area contributed by atoms with E-state index in [0.29, 0.717) is 13.0 Å². The third-order valence-corrected chi connectivity index (χ3v) is 6.58. The number of hydrazone groups is 1. The maximum atomic E-state index is 13.1. The van der Waals surface area contributed by atoms with Gasteiger partial charge in [-0.15, -0.1) is 0 Å². The van der Waals surface area contributed by atoms with Crippen LogP contribution in [0.15, 0.2) is 47.6 Å². The van der Waals surface area contributed by atoms with Crippen molar-refractivity contribution in [1.29, 1.82) is 0 Å². The van der Waals surface area contributed by atoms with Crippen LogP contribution in [0.5, 0.6) is 0 Å². The van der Waals surface area contributed by atoms with Gasteiger partial charge < -0.3 is 4.90 Å². The number of rotatable bonds is 3. The standard InChI is InChI=1S/C24H27N5O2/c1-16-9-10-19(12-17(16)2)20-13-22-24(31)28(25-15-29(22)26-20)14-23(30)27-11-5-7-18-6-3-4-8-21(18)27/h3-4,6,8-10,12,15,20,22,26H,5,7,11,13-14H2,1-2H3. The SMILES string of the molecule is Cc1ccc(C2CC3C(=O)N(CC(=O)N4CCCc5ccccc54)N=CN3N2)cc1C. The Labute approximate surface area is 182 Å². The number of fused-ring (bicyclic) bond motifs is 2. The number of hydrogen-bond donors (Lipinski definition) is 1. The highest BCUT2D eigenvalue weighted by atomic mass is 16.2. The number of amides is 2. The highest BCUT2D eigenvalue weighted by molar-refractivity contribution is 5.99. The lowest BCUT2D eigenvalue weighted by molar-refractivity contribution is -0.139. The van der Waals surface area contributed by atoms with Crippen LogP contribution in [0, 0.1) is 13.8 Å². The molecule has 0 bridgehead atoms. The van der Waals surface area contributed by atoms with Crippen molar-refractivity contribution < 1.29 is 9.59 Å². The fourth-order valence-electron chi connectivity index (χ4n) is 4.66. The van der Waals surface area contributed by atoms with E-state index in [1.165, 1.54) is 21.7 Å². The first-order chi connectivity index (χ1) is 15.0. The molecule has 1 N–H and O–H groups in total. The van der Waals surface area contributed by atoms with Crippen LogP contribution < -0.4 is 10.3 Å². The molecule has 7 heteroatoms. The first-order valence-electron chi connectivity index (χ1n) is 10.9. The van der Waals surface area contributed by atoms with E-state index in [9.17, 15) is 9.59 Å². The number of benzene rings is 2. The maximum Gasteiger partial charge on any atom is 0.267 e. The highest BCUT2D eigenvalue weighted by Crippen LogP contribution is 2.31. The number of para-hydroxylation sites is 1. The number of hydrazine groups is 1. The minimum absolute atomic E-state index is 0.0394. The number of carbonyl (C=O) groups excluding carboxylic acids is 2. The van der Waals surface area contributed by atoms with Gasteiger partial charge in [-0.05, 0) is 61.4 Å². The lowest BCUT2D eigenvalue weighted by atomic mass is 9.98. The van der Waals surface area contributed by atoms with Gasteiger partial charge in [0.25, 0.3) is 5.91 Å². The van der Waals surface area contributed by atoms with E-state index in [4.69, 9.17) is 0 Å². The van der Waals surface area contributed by atoms with E-state index >= 15 is 0 Å². The van der Waals surface area contributed by atoms with Crippen molar-refractivity contribution in [3.05, 3.63) is 64.7 Å². The molecule has 0 aliphatic carbocycles. The molecule has 2 atom stereocenters. The summed E-state index contributed by atoms with van der Waals surface area (Å²) in [6, 6.07) is 14.1. The average molecular weight is 418 g/mol. The Balaban J connectivity index is 1.29. The number of anilines is 1. The van der Waals surface area contributed by atoms with Crippen LogP contribution >= 0.6 is 0 Å². The lowest BCUT2D eigenvalue weighted by Crippen LogP contribution is -2.53. The zero-order valence-electron chi connectivity index (χ0n) is 17.9. The summed E-state index contributed by atoms with van der Waals surface area (Å²) in [5.41, 5.74) is 9.15. The molecular formula is C24H27N5O2. The van der Waals surface area contributed by atoms with E-state index in [-0.39, 0.29) is 30.4 Å². The van der Waals surface area contributed by atoms with E-state index in [1.807, 2.05) is 18.2 Å². The van der Waals surface area contributed by atoms with Crippen LogP contribution in [0.1, 0.15) is 41.1 Å². The predicted octanol–water partition coefficient (Wildman–Crippen LogP) is 2.69. The predicted molar refractivity (Wildman–Crippen MR) is 119 cm³/mol. The summed E-state index contributed by atoms with van der Waals surface area (Å²) >= 11 is 0. The van der Waals surface area contributed by atoms with E-state index in [0.717, 1.165) is 24.1 Å². The quantitative estimate of drug-likeness (QED) is 0.834. The minimum Gasteiger partial charge on any atom is -0.311 e. The molecule has 3 aliphatic rings. The Hall–Kier alpha value is -3.19. The molecule has 5 rings (SSSR count). The Morgan fingerprint density at radius 3 is 2.84 bits per heavy atom. The first kappa shape index (κ1) is 19.8. The smallest absolute Gasteiger partial charge is 0.267 e. The molecule has 160 valence electrons. The molecular weight excluding hydrogens is 390 g/mol. The Morgan fingerprint density at radius 2 is 2.00 bits per heavy atom. The summed E-state index contributed by atoms with van der Waals surface area (Å²) in [5.74, 6) is -0.234. The third-order valence-electron chi connectivity index (χ3n) is 6.58. The van der Waals surface area contributed by atoms with Crippen molar-refractivity contribution in [2.45, 2.75) is 45.2 Å². The number of nitrogens with zero attached hydrogens (tertiary/aromatic N) is 4. The van der Waals surface area contributed by atoms with E-state index < -0.39 is 0 Å². The molecule has 2 aromatic rings. The first-order valence-corrected chi connectivity index (χ1v) is 10.9. The summed E-state index contributed by atoms with van der Waals surface area (Å²) in [7, 11) is 0. The number of carbonyl (C=O) groups is 2. The third kappa shape index (κ3) is 3.59. The Bertz CT molecular complexity index is 1070. The second-order valence-corrected chi connectivity index (χ2v) is 8.59. The number of nitrogens with one attached hydrogen (secondary N) is 1. The summed E-state index contributed by atoms with van der Waals surface area (Å²) in [5, 5.41) is 7.38. The molecule has 3 aliphatic heterocycles. The van der Waals surface area contributed by atoms with Gasteiger partial charge in [0.2, 0.25) is 5.91 Å². The molecule has 1 fully saturated rings. The maximum absolute atomic E-state index is 13.1. The summed E-state index contributed by atoms with van der Waals surface area (Å²) < 4.78 is 0. The van der Waals surface area contributed by atoms with E-state index in [1.54, 1.807) is 16.2 Å². The molecule has 31 heavy (non-hydrogen) atoms. The largest absolute Gasteiger partial charge is 0.311 e. The van der Waals surface area contributed by atoms with Gasteiger partial charge in [0.15, 0.2) is 0 Å². The minimum atomic E-state index is -0.356. The van der Waals surface area contributed by atoms with Gasteiger partial charge in [0.05, 0.1) is 6.04 Å². The van der Waals surface area contributed by atoms with Gasteiger partial charge in [-0.1, -0.05) is 36.4 Å². The van der Waals surface area contributed by atoms with Crippen molar-refractivity contribution in [2.24, 2.45) is 5.10 Å². The Kier molecular flexibility index (Phi) is 4.98. The molecule has 7 nitrogen and oxygen atoms in total. The van der Waals surface area contributed by atoms with Gasteiger partial charge in [-0.3, -0.25) is 14.6 Å². The molecule has 0 radical (unpaired) electrons. The average Bonchev–Trinajstić information content (AvgIpc) is 3.22. The fraction of sp³-hybridized carbons (Fsp3) is 0.375. The second kappa shape index (κ2) is 7.81. The van der Waals surface area contributed by atoms with Crippen molar-refractivity contribution in [2.75, 3.05) is 18.0 Å². The van der Waals surface area contributed by atoms with Crippen LogP contribution in [0.2, 0.25) is 0 Å². The summed E-state index contributed by atoms with van der Waals surface area (Å²) in [4.78, 5) is 28.0. The van der Waals surface area contributed by atoms with Crippen molar-refractivity contribution in [3.63, 3.8) is 0 Å². The highest BCUT2D eigenvalue weighted by Gasteiger charge is 2.41. The number of aryl methyl sites for hydroxylation is 3. The summed E-state index contributed by atoms with van der Waals surface area (Å²) in [6.45, 7) is 4.83. The summed E-state index contributed by atoms with van der Waals surface area (Å²) in [6.07, 6.45) is 4.18. The van der Waals surface area contributed by atoms with Crippen molar-refractivity contribution in [3.8, 4) is 0 Å². The van der Waals surface area contributed by atoms with Gasteiger partial charge in [0.1, 0.15) is 18.9 Å². The zero-order valence-corrected chi connectivity index (χ0v) is 17.9. The topological polar surface area (TPSA) is 68.2 Å². The van der Waals surface area contributed by atoms with Gasteiger partial charge >= 0.3 is 0 Å². The van der Waals surface area contributed by atoms with Crippen LogP contribution in [0.3, 0.4) is 0 Å². The lowest BCUT2D eigenvalue weighted by Gasteiger charge is -2.33. The van der Waals surface area contributed by atoms with Gasteiger partial charge in [-0.25, -0.2) is 10.4 Å². The van der Waals surface area contributed by atoms with Crippen LogP contribution in [-0.2, 0) is 16.0 Å². The molecule has 2 unspecified atom stereocenters. The number of hydrogen-bond acceptors (Lipinski definition) is 5. The van der Waals surface area contributed by atoms with Crippen molar-refractivity contribution >= 4 is 23.8 Å². The fourth-order valence-corrected chi connectivity index (χ4v) is 4.66. The molecule has 0 aromatic heterocycles. The Morgan fingerprint density at radius 1 is 1.16 bits per heavy atom. The monoisotopic (exact) mass is 417 g/mol. The van der Waals surface area contributed by atoms with Gasteiger partial charge in [-0.2, -0.15) is 5.10 Å². The van der Waals surface area contributed by atoms with Crippen LogP contribution in [-0.4, -0.2) is 47.3 Å². The molecule has 1 saturated heterocycles. The zero-order chi connectivity index (χ0) is 21.5. The van der Waals surface area contributed by atoms with Crippen LogP contribution in [0.4, 0.5) is 5.69 Å². The molecule has 0 saturated carbocycles. The molecule has 3 heterocycles. The molecule has 0 spiro atoms. The molecule has 2 amide bonds. The normalized spacial score (nSPS) is 22.5. The molecule has 2 aromatic carbocycles. The van der Waals surface area contributed by atoms with E-state index in [2.05, 4.69) is 48.6 Å². The van der Waals surface area contributed by atoms with Gasteiger partial charge in [0, 0.05) is 12.2 Å². The van der Waals surface area contributed by atoms with Crippen LogP contribution in [0.25, 0.3) is 0 Å².